The molecule has 0 saturated carbocycles. The van der Waals surface area contributed by atoms with Crippen molar-refractivity contribution in [3.05, 3.63) is 47.0 Å². The van der Waals surface area contributed by atoms with E-state index in [1.807, 2.05) is 0 Å². The molecule has 0 aromatic heterocycles. The van der Waals surface area contributed by atoms with Crippen LogP contribution in [0.2, 0.25) is 5.02 Å². The second kappa shape index (κ2) is 5.20. The number of carboxylic acid groups (broad SMARTS) is 1. The topological polar surface area (TPSA) is 75.4 Å². The Hall–Kier alpha value is -2.20. The molecule has 0 aliphatic rings. The quantitative estimate of drug-likeness (QED) is 0.870. The van der Waals surface area contributed by atoms with Gasteiger partial charge in [0.25, 0.3) is 0 Å². The fourth-order valence-corrected chi connectivity index (χ4v) is 2.17. The van der Waals surface area contributed by atoms with Crippen molar-refractivity contribution >= 4 is 23.3 Å². The second-order valence-corrected chi connectivity index (χ2v) is 4.35. The fraction of sp³-hybridized carbons (Fsp3) is 0.0714. The molecule has 0 saturated heterocycles. The normalized spacial score (nSPS) is 10.2. The smallest absolute Gasteiger partial charge is 0.149 e. The predicted molar refractivity (Wildman–Crippen MR) is 72.2 cm³/mol. The highest BCUT2D eigenvalue weighted by Gasteiger charge is 2.14. The van der Waals surface area contributed by atoms with Gasteiger partial charge in [0.1, 0.15) is 5.75 Å². The van der Waals surface area contributed by atoms with Crippen molar-refractivity contribution in [1.29, 1.82) is 0 Å². The molecule has 0 radical (unpaired) electrons. The van der Waals surface area contributed by atoms with Crippen LogP contribution in [-0.4, -0.2) is 13.1 Å². The molecule has 2 aromatic rings. The third kappa shape index (κ3) is 2.48. The molecule has 0 aliphatic carbocycles. The summed E-state index contributed by atoms with van der Waals surface area (Å²) in [6.07, 6.45) is 0. The summed E-state index contributed by atoms with van der Waals surface area (Å²) in [5.41, 5.74) is 7.20. The van der Waals surface area contributed by atoms with E-state index >= 15 is 0 Å². The maximum absolute atomic E-state index is 11.1. The van der Waals surface area contributed by atoms with Gasteiger partial charge in [0.15, 0.2) is 0 Å². The number of anilines is 1. The van der Waals surface area contributed by atoms with Crippen molar-refractivity contribution in [2.75, 3.05) is 12.8 Å². The molecule has 0 spiro atoms. The first-order chi connectivity index (χ1) is 9.04. The SMILES string of the molecule is COc1c(N)cc(Cl)cc1-c1ccccc1C(=O)[O-]. The number of nitrogens with two attached hydrogens (primary N) is 1. The number of halogens is 1. The van der Waals surface area contributed by atoms with Crippen LogP contribution in [0, 0.1) is 0 Å². The van der Waals surface area contributed by atoms with Crippen LogP contribution in [0.5, 0.6) is 5.75 Å². The average Bonchev–Trinajstić information content (AvgIpc) is 2.37. The molecule has 0 unspecified atom stereocenters. The van der Waals surface area contributed by atoms with Crippen molar-refractivity contribution in [2.45, 2.75) is 0 Å². The maximum atomic E-state index is 11.1. The van der Waals surface area contributed by atoms with Crippen LogP contribution >= 0.6 is 11.6 Å². The molecule has 2 N–H and O–H groups in total. The molecule has 5 heteroatoms. The summed E-state index contributed by atoms with van der Waals surface area (Å²) >= 11 is 5.96. The summed E-state index contributed by atoms with van der Waals surface area (Å²) in [6.45, 7) is 0. The molecule has 4 nitrogen and oxygen atoms in total. The van der Waals surface area contributed by atoms with E-state index < -0.39 is 5.97 Å². The van der Waals surface area contributed by atoms with Gasteiger partial charge in [-0.25, -0.2) is 0 Å². The largest absolute Gasteiger partial charge is 0.545 e. The lowest BCUT2D eigenvalue weighted by molar-refractivity contribution is -0.254. The van der Waals surface area contributed by atoms with Crippen molar-refractivity contribution in [2.24, 2.45) is 0 Å². The van der Waals surface area contributed by atoms with Crippen LogP contribution in [0.1, 0.15) is 10.4 Å². The zero-order chi connectivity index (χ0) is 14.0. The van der Waals surface area contributed by atoms with Gasteiger partial charge >= 0.3 is 0 Å². The van der Waals surface area contributed by atoms with E-state index in [1.165, 1.54) is 13.2 Å². The number of hydrogen-bond acceptors (Lipinski definition) is 4. The standard InChI is InChI=1S/C14H12ClNO3/c1-19-13-11(6-8(15)7-12(13)16)9-4-2-3-5-10(9)14(17)18/h2-7H,16H2,1H3,(H,17,18)/p-1. The third-order valence-corrected chi connectivity index (χ3v) is 2.94. The van der Waals surface area contributed by atoms with E-state index in [1.54, 1.807) is 30.3 Å². The van der Waals surface area contributed by atoms with Gasteiger partial charge in [-0.2, -0.15) is 0 Å². The lowest BCUT2D eigenvalue weighted by Crippen LogP contribution is -2.23. The van der Waals surface area contributed by atoms with Crippen LogP contribution in [0.25, 0.3) is 11.1 Å². The highest BCUT2D eigenvalue weighted by atomic mass is 35.5. The van der Waals surface area contributed by atoms with Crippen molar-refractivity contribution in [3.63, 3.8) is 0 Å². The van der Waals surface area contributed by atoms with Crippen molar-refractivity contribution < 1.29 is 14.6 Å². The summed E-state index contributed by atoms with van der Waals surface area (Å²) in [7, 11) is 1.46. The van der Waals surface area contributed by atoms with Crippen LogP contribution in [0.4, 0.5) is 5.69 Å². The second-order valence-electron chi connectivity index (χ2n) is 3.91. The van der Waals surface area contributed by atoms with E-state index in [0.29, 0.717) is 27.6 Å². The minimum Gasteiger partial charge on any atom is -0.545 e. The Morgan fingerprint density at radius 2 is 1.95 bits per heavy atom. The minimum atomic E-state index is -1.27. The van der Waals surface area contributed by atoms with E-state index in [-0.39, 0.29) is 5.56 Å². The first kappa shape index (κ1) is 13.2. The lowest BCUT2D eigenvalue weighted by atomic mass is 9.98. The number of rotatable bonds is 3. The van der Waals surface area contributed by atoms with Gasteiger partial charge in [-0.1, -0.05) is 35.9 Å². The number of aromatic carboxylic acids is 1. The van der Waals surface area contributed by atoms with Crippen molar-refractivity contribution in [1.82, 2.24) is 0 Å². The van der Waals surface area contributed by atoms with Gasteiger partial charge in [-0.05, 0) is 17.7 Å². The number of carboxylic acids is 1. The first-order valence-electron chi connectivity index (χ1n) is 5.48. The van der Waals surface area contributed by atoms with Crippen LogP contribution in [0.3, 0.4) is 0 Å². The van der Waals surface area contributed by atoms with E-state index in [2.05, 4.69) is 0 Å². The number of methoxy groups -OCH3 is 1. The summed E-state index contributed by atoms with van der Waals surface area (Å²) < 4.78 is 5.22. The van der Waals surface area contributed by atoms with Crippen LogP contribution in [0.15, 0.2) is 36.4 Å². The van der Waals surface area contributed by atoms with E-state index in [0.717, 1.165) is 0 Å². The Labute approximate surface area is 115 Å². The van der Waals surface area contributed by atoms with Crippen LogP contribution < -0.4 is 15.6 Å². The number of ether oxygens (including phenoxy) is 1. The summed E-state index contributed by atoms with van der Waals surface area (Å²) in [5.74, 6) is -0.880. The molecule has 2 rings (SSSR count). The predicted octanol–water partition coefficient (Wildman–Crippen LogP) is 1.96. The van der Waals surface area contributed by atoms with Crippen molar-refractivity contribution in [3.8, 4) is 16.9 Å². The monoisotopic (exact) mass is 276 g/mol. The molecule has 0 bridgehead atoms. The fourth-order valence-electron chi connectivity index (χ4n) is 1.94. The highest BCUT2D eigenvalue weighted by Crippen LogP contribution is 2.38. The number of nitrogen functional groups attached to an aromatic ring is 1. The van der Waals surface area contributed by atoms with Gasteiger partial charge < -0.3 is 20.4 Å². The third-order valence-electron chi connectivity index (χ3n) is 2.72. The summed E-state index contributed by atoms with van der Waals surface area (Å²) in [6, 6.07) is 9.61. The number of hydrogen-bond donors (Lipinski definition) is 1. The molecular weight excluding hydrogens is 266 g/mol. The highest BCUT2D eigenvalue weighted by molar-refractivity contribution is 6.31. The van der Waals surface area contributed by atoms with E-state index in [4.69, 9.17) is 22.1 Å². The van der Waals surface area contributed by atoms with Gasteiger partial charge in [0.05, 0.1) is 18.8 Å². The molecule has 0 fully saturated rings. The Morgan fingerprint density at radius 1 is 1.26 bits per heavy atom. The lowest BCUT2D eigenvalue weighted by Gasteiger charge is -2.15. The van der Waals surface area contributed by atoms with Gasteiger partial charge in [-0.15, -0.1) is 0 Å². The van der Waals surface area contributed by atoms with Gasteiger partial charge in [0.2, 0.25) is 0 Å². The molecule has 19 heavy (non-hydrogen) atoms. The summed E-state index contributed by atoms with van der Waals surface area (Å²) in [5, 5.41) is 11.6. The summed E-state index contributed by atoms with van der Waals surface area (Å²) in [4.78, 5) is 11.1. The Kier molecular flexibility index (Phi) is 3.62. The van der Waals surface area contributed by atoms with Gasteiger partial charge in [-0.3, -0.25) is 0 Å². The van der Waals surface area contributed by atoms with Gasteiger partial charge in [0, 0.05) is 16.1 Å². The Bertz CT molecular complexity index is 641. The van der Waals surface area contributed by atoms with Crippen LogP contribution in [-0.2, 0) is 0 Å². The molecule has 2 aromatic carbocycles. The van der Waals surface area contributed by atoms with E-state index in [9.17, 15) is 9.90 Å². The molecule has 0 amide bonds. The average molecular weight is 277 g/mol. The molecule has 98 valence electrons. The maximum Gasteiger partial charge on any atom is 0.149 e. The zero-order valence-electron chi connectivity index (χ0n) is 10.1. The molecular formula is C14H11ClNO3-. The first-order valence-corrected chi connectivity index (χ1v) is 5.86. The molecule has 0 atom stereocenters. The number of carbonyl (C=O) groups is 1. The Morgan fingerprint density at radius 3 is 2.58 bits per heavy atom. The number of benzene rings is 2. The zero-order valence-corrected chi connectivity index (χ0v) is 10.9. The molecule has 0 aliphatic heterocycles. The number of carbonyl (C=O) groups excluding carboxylic acids is 1. The minimum absolute atomic E-state index is 0.0578. The Balaban J connectivity index is 2.75. The molecule has 0 heterocycles.